The number of aliphatic hydroxyl groups excluding tert-OH is 1. The van der Waals surface area contributed by atoms with E-state index in [1.165, 1.54) is 18.2 Å². The molecule has 0 saturated heterocycles. The number of hydrogen-bond donors (Lipinski definition) is 2. The van der Waals surface area contributed by atoms with E-state index in [1.54, 1.807) is 36.4 Å². The monoisotopic (exact) mass is 420 g/mol. The zero-order valence-corrected chi connectivity index (χ0v) is 16.0. The van der Waals surface area contributed by atoms with Gasteiger partial charge in [0.05, 0.1) is 22.9 Å². The summed E-state index contributed by atoms with van der Waals surface area (Å²) in [6.45, 7) is -0.201. The van der Waals surface area contributed by atoms with E-state index in [1.807, 2.05) is 0 Å². The van der Waals surface area contributed by atoms with E-state index in [9.17, 15) is 9.18 Å². The zero-order chi connectivity index (χ0) is 20.1. The lowest BCUT2D eigenvalue weighted by Crippen LogP contribution is -2.27. The number of halogens is 3. The Morgan fingerprint density at radius 2 is 1.96 bits per heavy atom. The maximum atomic E-state index is 14.0. The number of aromatic nitrogens is 1. The molecule has 3 aromatic rings. The summed E-state index contributed by atoms with van der Waals surface area (Å²) in [5.41, 5.74) is 0.877. The van der Waals surface area contributed by atoms with Crippen molar-refractivity contribution in [3.63, 3.8) is 0 Å². The molecule has 0 aliphatic rings. The molecule has 1 amide bonds. The highest BCUT2D eigenvalue weighted by Crippen LogP contribution is 2.31. The van der Waals surface area contributed by atoms with Gasteiger partial charge in [0.15, 0.2) is 0 Å². The van der Waals surface area contributed by atoms with Crippen molar-refractivity contribution in [2.24, 2.45) is 0 Å². The molecule has 0 bridgehead atoms. The first kappa shape index (κ1) is 20.1. The fraction of sp³-hybridized carbons (Fsp3) is 0.100. The fourth-order valence-electron chi connectivity index (χ4n) is 2.43. The number of rotatable bonds is 6. The maximum Gasteiger partial charge on any atom is 0.254 e. The van der Waals surface area contributed by atoms with Crippen molar-refractivity contribution in [1.82, 2.24) is 10.3 Å². The van der Waals surface area contributed by atoms with Gasteiger partial charge in [0.2, 0.25) is 5.88 Å². The summed E-state index contributed by atoms with van der Waals surface area (Å²) in [7, 11) is 0. The average Bonchev–Trinajstić information content (AvgIpc) is 2.69. The van der Waals surface area contributed by atoms with E-state index in [-0.39, 0.29) is 24.6 Å². The molecule has 0 unspecified atom stereocenters. The second-order valence-electron chi connectivity index (χ2n) is 5.71. The smallest absolute Gasteiger partial charge is 0.254 e. The van der Waals surface area contributed by atoms with Crippen molar-refractivity contribution in [2.75, 3.05) is 13.2 Å². The molecule has 0 fully saturated rings. The van der Waals surface area contributed by atoms with Crippen molar-refractivity contribution in [3.8, 4) is 22.9 Å². The lowest BCUT2D eigenvalue weighted by Gasteiger charge is -2.10. The summed E-state index contributed by atoms with van der Waals surface area (Å²) in [5.74, 6) is -0.621. The van der Waals surface area contributed by atoms with Gasteiger partial charge >= 0.3 is 0 Å². The molecule has 1 heterocycles. The third kappa shape index (κ3) is 4.78. The highest BCUT2D eigenvalue weighted by molar-refractivity contribution is 6.35. The molecular formula is C20H15Cl2FN2O3. The first-order valence-corrected chi connectivity index (χ1v) is 9.02. The third-order valence-electron chi connectivity index (χ3n) is 3.74. The Bertz CT molecular complexity index is 1010. The molecule has 5 nitrogen and oxygen atoms in total. The number of pyridine rings is 1. The molecule has 2 aromatic carbocycles. The van der Waals surface area contributed by atoms with Crippen molar-refractivity contribution < 1.29 is 19.0 Å². The van der Waals surface area contributed by atoms with E-state index >= 15 is 0 Å². The molecule has 8 heteroatoms. The van der Waals surface area contributed by atoms with Crippen LogP contribution in [0.5, 0.6) is 11.6 Å². The van der Waals surface area contributed by atoms with Crippen molar-refractivity contribution in [1.29, 1.82) is 0 Å². The summed E-state index contributed by atoms with van der Waals surface area (Å²) >= 11 is 12.0. The van der Waals surface area contributed by atoms with Crippen LogP contribution in [0.2, 0.25) is 10.0 Å². The lowest BCUT2D eigenvalue weighted by atomic mass is 10.1. The fourth-order valence-corrected chi connectivity index (χ4v) is 2.87. The number of ether oxygens (including phenoxy) is 1. The van der Waals surface area contributed by atoms with Crippen LogP contribution >= 0.6 is 23.2 Å². The van der Waals surface area contributed by atoms with Crippen molar-refractivity contribution in [3.05, 3.63) is 76.0 Å². The standard InChI is InChI=1S/C20H15Cl2FN2O3/c21-13-5-7-18(15(22)11-13)28-19-3-1-2-17(25-19)12-4-6-16(23)14(10-12)20(27)24-8-9-26/h1-7,10-11,26H,8-9H2,(H,24,27). The number of carbonyl (C=O) groups is 1. The average molecular weight is 421 g/mol. The highest BCUT2D eigenvalue weighted by atomic mass is 35.5. The van der Waals surface area contributed by atoms with Crippen LogP contribution in [0.1, 0.15) is 10.4 Å². The molecule has 28 heavy (non-hydrogen) atoms. The van der Waals surface area contributed by atoms with Gasteiger partial charge in [0, 0.05) is 23.2 Å². The van der Waals surface area contributed by atoms with Gasteiger partial charge < -0.3 is 15.2 Å². The molecule has 0 atom stereocenters. The lowest BCUT2D eigenvalue weighted by molar-refractivity contribution is 0.0941. The van der Waals surface area contributed by atoms with Gasteiger partial charge in [-0.25, -0.2) is 9.37 Å². The van der Waals surface area contributed by atoms with Crippen LogP contribution in [-0.2, 0) is 0 Å². The van der Waals surface area contributed by atoms with Gasteiger partial charge in [-0.3, -0.25) is 4.79 Å². The predicted molar refractivity (Wildman–Crippen MR) is 106 cm³/mol. The van der Waals surface area contributed by atoms with Crippen LogP contribution in [0.4, 0.5) is 4.39 Å². The Morgan fingerprint density at radius 1 is 1.14 bits per heavy atom. The molecule has 2 N–H and O–H groups in total. The van der Waals surface area contributed by atoms with Crippen LogP contribution in [-0.4, -0.2) is 29.1 Å². The second kappa shape index (κ2) is 9.01. The minimum Gasteiger partial charge on any atom is -0.437 e. The largest absolute Gasteiger partial charge is 0.437 e. The maximum absolute atomic E-state index is 14.0. The van der Waals surface area contributed by atoms with Crippen LogP contribution in [0.15, 0.2) is 54.6 Å². The van der Waals surface area contributed by atoms with E-state index in [2.05, 4.69) is 10.3 Å². The number of benzene rings is 2. The quantitative estimate of drug-likeness (QED) is 0.605. The SMILES string of the molecule is O=C(NCCO)c1cc(-c2cccc(Oc3ccc(Cl)cc3Cl)n2)ccc1F. The summed E-state index contributed by atoms with van der Waals surface area (Å²) in [6.07, 6.45) is 0. The summed E-state index contributed by atoms with van der Waals surface area (Å²) in [6, 6.07) is 14.0. The molecule has 1 aromatic heterocycles. The van der Waals surface area contributed by atoms with E-state index < -0.39 is 11.7 Å². The number of hydrogen-bond acceptors (Lipinski definition) is 4. The number of nitrogens with zero attached hydrogens (tertiary/aromatic N) is 1. The number of nitrogens with one attached hydrogen (secondary N) is 1. The molecule has 0 aliphatic carbocycles. The van der Waals surface area contributed by atoms with Crippen molar-refractivity contribution in [2.45, 2.75) is 0 Å². The molecule has 3 rings (SSSR count). The minimum absolute atomic E-state index is 0.0337. The Balaban J connectivity index is 1.88. The number of aliphatic hydroxyl groups is 1. The Kier molecular flexibility index (Phi) is 6.46. The van der Waals surface area contributed by atoms with E-state index in [0.717, 1.165) is 0 Å². The molecule has 144 valence electrons. The summed E-state index contributed by atoms with van der Waals surface area (Å²) < 4.78 is 19.7. The van der Waals surface area contributed by atoms with Crippen molar-refractivity contribution >= 4 is 29.1 Å². The van der Waals surface area contributed by atoms with Gasteiger partial charge in [0.1, 0.15) is 11.6 Å². The summed E-state index contributed by atoms with van der Waals surface area (Å²) in [4.78, 5) is 16.4. The van der Waals surface area contributed by atoms with Gasteiger partial charge in [-0.2, -0.15) is 0 Å². The minimum atomic E-state index is -0.667. The van der Waals surface area contributed by atoms with Crippen LogP contribution in [0, 0.1) is 5.82 Å². The first-order valence-electron chi connectivity index (χ1n) is 8.27. The second-order valence-corrected chi connectivity index (χ2v) is 6.56. The zero-order valence-electron chi connectivity index (χ0n) is 14.5. The van der Waals surface area contributed by atoms with Crippen LogP contribution < -0.4 is 10.1 Å². The molecule has 0 aliphatic heterocycles. The van der Waals surface area contributed by atoms with Crippen LogP contribution in [0.25, 0.3) is 11.3 Å². The number of amides is 1. The summed E-state index contributed by atoms with van der Waals surface area (Å²) in [5, 5.41) is 12.0. The van der Waals surface area contributed by atoms with Crippen LogP contribution in [0.3, 0.4) is 0 Å². The Labute approximate surface area is 170 Å². The third-order valence-corrected chi connectivity index (χ3v) is 4.27. The van der Waals surface area contributed by atoms with E-state index in [4.69, 9.17) is 33.0 Å². The normalized spacial score (nSPS) is 10.6. The topological polar surface area (TPSA) is 71.5 Å². The van der Waals surface area contributed by atoms with Gasteiger partial charge in [-0.15, -0.1) is 0 Å². The Hall–Kier alpha value is -2.67. The number of carbonyl (C=O) groups excluding carboxylic acids is 1. The van der Waals surface area contributed by atoms with Gasteiger partial charge in [-0.05, 0) is 42.5 Å². The Morgan fingerprint density at radius 3 is 2.71 bits per heavy atom. The highest BCUT2D eigenvalue weighted by Gasteiger charge is 2.14. The van der Waals surface area contributed by atoms with Gasteiger partial charge in [0.25, 0.3) is 5.91 Å². The molecule has 0 spiro atoms. The van der Waals surface area contributed by atoms with Gasteiger partial charge in [-0.1, -0.05) is 29.3 Å². The predicted octanol–water partition coefficient (Wildman–Crippen LogP) is 4.71. The van der Waals surface area contributed by atoms with E-state index in [0.29, 0.717) is 27.1 Å². The molecule has 0 saturated carbocycles. The molecular weight excluding hydrogens is 406 g/mol. The first-order chi connectivity index (χ1) is 13.5. The molecule has 0 radical (unpaired) electrons.